The van der Waals surface area contributed by atoms with Crippen molar-refractivity contribution < 1.29 is 24.2 Å². The number of carboxylic acids is 1. The highest BCUT2D eigenvalue weighted by molar-refractivity contribution is 5.78. The monoisotopic (exact) mass is 358 g/mol. The predicted octanol–water partition coefficient (Wildman–Crippen LogP) is 2.36. The summed E-state index contributed by atoms with van der Waals surface area (Å²) >= 11 is 0. The number of aromatic nitrogens is 1. The lowest BCUT2D eigenvalue weighted by atomic mass is 10.0. The van der Waals surface area contributed by atoms with Crippen LogP contribution >= 0.6 is 0 Å². The van der Waals surface area contributed by atoms with E-state index in [1.165, 1.54) is 14.2 Å². The standard InChI is InChI=1S/C19H22N2O5/c1-25-16-8-6-13(11-17(16)26-2)15(12-19(23)24)21-18(22)9-7-14-5-3-4-10-20-14/h3-6,8,10-11,15H,7,9,12H2,1-2H3,(H,21,22)(H,23,24). The maximum atomic E-state index is 12.3. The Kier molecular flexibility index (Phi) is 6.96. The highest BCUT2D eigenvalue weighted by Gasteiger charge is 2.20. The van der Waals surface area contributed by atoms with Crippen molar-refractivity contribution in [2.24, 2.45) is 0 Å². The number of amides is 1. The fourth-order valence-electron chi connectivity index (χ4n) is 2.55. The molecule has 0 fully saturated rings. The number of carbonyl (C=O) groups is 2. The van der Waals surface area contributed by atoms with Crippen LogP contribution in [0.1, 0.15) is 30.1 Å². The maximum Gasteiger partial charge on any atom is 0.305 e. The molecule has 1 heterocycles. The van der Waals surface area contributed by atoms with Gasteiger partial charge in [0.25, 0.3) is 0 Å². The van der Waals surface area contributed by atoms with Gasteiger partial charge in [-0.05, 0) is 36.2 Å². The van der Waals surface area contributed by atoms with E-state index >= 15 is 0 Å². The lowest BCUT2D eigenvalue weighted by molar-refractivity contribution is -0.137. The van der Waals surface area contributed by atoms with E-state index in [2.05, 4.69) is 10.3 Å². The number of ether oxygens (including phenoxy) is 2. The number of hydrogen-bond donors (Lipinski definition) is 2. The highest BCUT2D eigenvalue weighted by atomic mass is 16.5. The molecule has 0 aliphatic heterocycles. The van der Waals surface area contributed by atoms with E-state index < -0.39 is 12.0 Å². The summed E-state index contributed by atoms with van der Waals surface area (Å²) < 4.78 is 10.4. The van der Waals surface area contributed by atoms with Crippen molar-refractivity contribution in [2.45, 2.75) is 25.3 Å². The van der Waals surface area contributed by atoms with Gasteiger partial charge in [0.2, 0.25) is 5.91 Å². The molecule has 1 unspecified atom stereocenters. The van der Waals surface area contributed by atoms with E-state index in [4.69, 9.17) is 9.47 Å². The minimum absolute atomic E-state index is 0.223. The van der Waals surface area contributed by atoms with E-state index in [1.54, 1.807) is 24.4 Å². The number of aliphatic carboxylic acids is 1. The number of aryl methyl sites for hydroxylation is 1. The third kappa shape index (κ3) is 5.47. The summed E-state index contributed by atoms with van der Waals surface area (Å²) in [4.78, 5) is 27.6. The quantitative estimate of drug-likeness (QED) is 0.714. The van der Waals surface area contributed by atoms with Gasteiger partial charge < -0.3 is 19.9 Å². The Morgan fingerprint density at radius 3 is 2.54 bits per heavy atom. The van der Waals surface area contributed by atoms with E-state index in [0.29, 0.717) is 23.5 Å². The molecular weight excluding hydrogens is 336 g/mol. The average molecular weight is 358 g/mol. The summed E-state index contributed by atoms with van der Waals surface area (Å²) in [5.41, 5.74) is 1.44. The Morgan fingerprint density at radius 2 is 1.92 bits per heavy atom. The Bertz CT molecular complexity index is 749. The number of methoxy groups -OCH3 is 2. The minimum Gasteiger partial charge on any atom is -0.493 e. The van der Waals surface area contributed by atoms with Gasteiger partial charge in [-0.15, -0.1) is 0 Å². The van der Waals surface area contributed by atoms with Crippen molar-refractivity contribution in [3.8, 4) is 11.5 Å². The average Bonchev–Trinajstić information content (AvgIpc) is 2.65. The van der Waals surface area contributed by atoms with E-state index in [0.717, 1.165) is 5.69 Å². The van der Waals surface area contributed by atoms with Gasteiger partial charge >= 0.3 is 5.97 Å². The Morgan fingerprint density at radius 1 is 1.15 bits per heavy atom. The van der Waals surface area contributed by atoms with Crippen molar-refractivity contribution in [3.63, 3.8) is 0 Å². The second-order valence-electron chi connectivity index (χ2n) is 5.65. The molecular formula is C19H22N2O5. The topological polar surface area (TPSA) is 97.8 Å². The molecule has 26 heavy (non-hydrogen) atoms. The first-order valence-corrected chi connectivity index (χ1v) is 8.16. The summed E-state index contributed by atoms with van der Waals surface area (Å²) in [5, 5.41) is 12.0. The number of benzene rings is 1. The smallest absolute Gasteiger partial charge is 0.305 e. The number of hydrogen-bond acceptors (Lipinski definition) is 5. The molecule has 0 aliphatic rings. The Labute approximate surface area is 152 Å². The normalized spacial score (nSPS) is 11.5. The lowest BCUT2D eigenvalue weighted by Gasteiger charge is -2.19. The van der Waals surface area contributed by atoms with Gasteiger partial charge in [0.15, 0.2) is 11.5 Å². The summed E-state index contributed by atoms with van der Waals surface area (Å²) in [6, 6.07) is 9.92. The molecule has 7 heteroatoms. The van der Waals surface area contributed by atoms with Crippen LogP contribution < -0.4 is 14.8 Å². The van der Waals surface area contributed by atoms with Crippen LogP contribution in [0.15, 0.2) is 42.6 Å². The Balaban J connectivity index is 2.09. The number of carbonyl (C=O) groups excluding carboxylic acids is 1. The summed E-state index contributed by atoms with van der Waals surface area (Å²) in [6.45, 7) is 0. The molecule has 1 amide bonds. The zero-order chi connectivity index (χ0) is 18.9. The van der Waals surface area contributed by atoms with Crippen LogP contribution in [0.3, 0.4) is 0 Å². The van der Waals surface area contributed by atoms with Crippen LogP contribution in [0.4, 0.5) is 0 Å². The molecule has 0 saturated heterocycles. The third-order valence-corrected chi connectivity index (χ3v) is 3.86. The van der Waals surface area contributed by atoms with Gasteiger partial charge in [-0.25, -0.2) is 0 Å². The van der Waals surface area contributed by atoms with E-state index in [9.17, 15) is 14.7 Å². The molecule has 1 aromatic heterocycles. The molecule has 0 aliphatic carbocycles. The van der Waals surface area contributed by atoms with Crippen LogP contribution in [0, 0.1) is 0 Å². The van der Waals surface area contributed by atoms with Crippen LogP contribution in [-0.4, -0.2) is 36.2 Å². The first kappa shape index (κ1) is 19.2. The van der Waals surface area contributed by atoms with Crippen LogP contribution in [-0.2, 0) is 16.0 Å². The Hall–Kier alpha value is -3.09. The molecule has 0 spiro atoms. The fraction of sp³-hybridized carbons (Fsp3) is 0.316. The summed E-state index contributed by atoms with van der Waals surface area (Å²) in [5.74, 6) is -0.235. The van der Waals surface area contributed by atoms with Crippen molar-refractivity contribution >= 4 is 11.9 Å². The molecule has 2 rings (SSSR count). The van der Waals surface area contributed by atoms with Gasteiger partial charge in [-0.1, -0.05) is 12.1 Å². The summed E-state index contributed by atoms with van der Waals surface area (Å²) in [6.07, 6.45) is 2.15. The van der Waals surface area contributed by atoms with Crippen LogP contribution in [0.25, 0.3) is 0 Å². The van der Waals surface area contributed by atoms with Gasteiger partial charge in [0.1, 0.15) is 0 Å². The lowest BCUT2D eigenvalue weighted by Crippen LogP contribution is -2.30. The molecule has 2 aromatic rings. The van der Waals surface area contributed by atoms with Crippen molar-refractivity contribution in [2.75, 3.05) is 14.2 Å². The van der Waals surface area contributed by atoms with Gasteiger partial charge in [-0.3, -0.25) is 14.6 Å². The first-order chi connectivity index (χ1) is 12.5. The molecule has 2 N–H and O–H groups in total. The molecule has 138 valence electrons. The van der Waals surface area contributed by atoms with Crippen LogP contribution in [0.5, 0.6) is 11.5 Å². The number of carboxylic acid groups (broad SMARTS) is 1. The molecule has 1 atom stereocenters. The number of nitrogens with zero attached hydrogens (tertiary/aromatic N) is 1. The van der Waals surface area contributed by atoms with Gasteiger partial charge in [0.05, 0.1) is 26.7 Å². The van der Waals surface area contributed by atoms with Crippen molar-refractivity contribution in [3.05, 3.63) is 53.9 Å². The number of rotatable bonds is 9. The molecule has 1 aromatic carbocycles. The highest BCUT2D eigenvalue weighted by Crippen LogP contribution is 2.31. The second kappa shape index (κ2) is 9.41. The predicted molar refractivity (Wildman–Crippen MR) is 95.2 cm³/mol. The fourth-order valence-corrected chi connectivity index (χ4v) is 2.55. The van der Waals surface area contributed by atoms with Gasteiger partial charge in [0, 0.05) is 18.3 Å². The van der Waals surface area contributed by atoms with E-state index in [1.807, 2.05) is 18.2 Å². The molecule has 0 radical (unpaired) electrons. The maximum absolute atomic E-state index is 12.3. The van der Waals surface area contributed by atoms with Crippen molar-refractivity contribution in [1.29, 1.82) is 0 Å². The third-order valence-electron chi connectivity index (χ3n) is 3.86. The molecule has 0 bridgehead atoms. The van der Waals surface area contributed by atoms with Crippen molar-refractivity contribution in [1.82, 2.24) is 10.3 Å². The molecule has 7 nitrogen and oxygen atoms in total. The SMILES string of the molecule is COc1ccc(C(CC(=O)O)NC(=O)CCc2ccccn2)cc1OC. The zero-order valence-electron chi connectivity index (χ0n) is 14.8. The summed E-state index contributed by atoms with van der Waals surface area (Å²) in [7, 11) is 3.02. The zero-order valence-corrected chi connectivity index (χ0v) is 14.8. The van der Waals surface area contributed by atoms with Gasteiger partial charge in [-0.2, -0.15) is 0 Å². The minimum atomic E-state index is -1.00. The number of pyridine rings is 1. The largest absolute Gasteiger partial charge is 0.493 e. The van der Waals surface area contributed by atoms with E-state index in [-0.39, 0.29) is 18.7 Å². The van der Waals surface area contributed by atoms with Crippen LogP contribution in [0.2, 0.25) is 0 Å². The molecule has 0 saturated carbocycles. The first-order valence-electron chi connectivity index (χ1n) is 8.16. The number of nitrogens with one attached hydrogen (secondary N) is 1. The second-order valence-corrected chi connectivity index (χ2v) is 5.65.